The van der Waals surface area contributed by atoms with Gasteiger partial charge in [-0.05, 0) is 48.9 Å². The first-order valence-corrected chi connectivity index (χ1v) is 9.23. The van der Waals surface area contributed by atoms with Gasteiger partial charge in [-0.25, -0.2) is 4.99 Å². The number of hydrogen-bond donors (Lipinski definition) is 3. The lowest BCUT2D eigenvalue weighted by Gasteiger charge is -2.12. The van der Waals surface area contributed by atoms with Gasteiger partial charge in [0, 0.05) is 25.2 Å². The van der Waals surface area contributed by atoms with E-state index in [0.29, 0.717) is 31.2 Å². The lowest BCUT2D eigenvalue weighted by Crippen LogP contribution is -2.41. The Morgan fingerprint density at radius 2 is 1.62 bits per heavy atom. The maximum Gasteiger partial charge on any atom is 0.251 e. The first-order chi connectivity index (χ1) is 13.7. The minimum atomic E-state index is -0.122. The van der Waals surface area contributed by atoms with Gasteiger partial charge in [0.05, 0.1) is 20.8 Å². The third kappa shape index (κ3) is 8.59. The average Bonchev–Trinajstić information content (AvgIpc) is 2.74. The van der Waals surface area contributed by atoms with Crippen LogP contribution in [0.15, 0.2) is 53.5 Å². The van der Waals surface area contributed by atoms with Crippen molar-refractivity contribution in [2.24, 2.45) is 4.99 Å². The number of ether oxygens (including phenoxy) is 2. The highest BCUT2D eigenvalue weighted by molar-refractivity contribution is 14.0. The first-order valence-electron chi connectivity index (χ1n) is 9.23. The highest BCUT2D eigenvalue weighted by Gasteiger charge is 2.05. The lowest BCUT2D eigenvalue weighted by atomic mass is 10.2. The van der Waals surface area contributed by atoms with Crippen LogP contribution in [0, 0.1) is 0 Å². The summed E-state index contributed by atoms with van der Waals surface area (Å²) in [6, 6.07) is 14.8. The fourth-order valence-electron chi connectivity index (χ4n) is 2.48. The van der Waals surface area contributed by atoms with Crippen LogP contribution in [0.1, 0.15) is 22.8 Å². The molecule has 0 radical (unpaired) electrons. The topological polar surface area (TPSA) is 84.0 Å². The number of benzene rings is 2. The maximum atomic E-state index is 12.1. The Labute approximate surface area is 189 Å². The highest BCUT2D eigenvalue weighted by atomic mass is 127. The van der Waals surface area contributed by atoms with Crippen molar-refractivity contribution in [3.8, 4) is 11.5 Å². The van der Waals surface area contributed by atoms with Gasteiger partial charge >= 0.3 is 0 Å². The molecule has 2 rings (SSSR count). The Kier molecular flexibility index (Phi) is 11.6. The maximum absolute atomic E-state index is 12.1. The highest BCUT2D eigenvalue weighted by Crippen LogP contribution is 2.13. The lowest BCUT2D eigenvalue weighted by molar-refractivity contribution is 0.0954. The predicted molar refractivity (Wildman–Crippen MR) is 127 cm³/mol. The van der Waals surface area contributed by atoms with Gasteiger partial charge in [-0.15, -0.1) is 24.0 Å². The second-order valence-corrected chi connectivity index (χ2v) is 5.96. The van der Waals surface area contributed by atoms with Crippen LogP contribution in [0.5, 0.6) is 11.5 Å². The van der Waals surface area contributed by atoms with E-state index in [2.05, 4.69) is 20.9 Å². The zero-order valence-corrected chi connectivity index (χ0v) is 19.4. The number of carbonyl (C=O) groups is 1. The fraction of sp³-hybridized carbons (Fsp3) is 0.333. The van der Waals surface area contributed by atoms with Crippen LogP contribution < -0.4 is 25.4 Å². The van der Waals surface area contributed by atoms with Crippen molar-refractivity contribution >= 4 is 35.8 Å². The van der Waals surface area contributed by atoms with Crippen LogP contribution in [0.25, 0.3) is 0 Å². The summed E-state index contributed by atoms with van der Waals surface area (Å²) in [7, 11) is 3.24. The van der Waals surface area contributed by atoms with Crippen molar-refractivity contribution in [3.05, 3.63) is 59.7 Å². The number of hydrogen-bond acceptors (Lipinski definition) is 4. The molecule has 158 valence electrons. The molecular weight excluding hydrogens is 483 g/mol. The molecule has 2 aromatic carbocycles. The van der Waals surface area contributed by atoms with Crippen LogP contribution >= 0.6 is 24.0 Å². The minimum absolute atomic E-state index is 0. The Morgan fingerprint density at radius 1 is 0.931 bits per heavy atom. The molecule has 1 amide bonds. The monoisotopic (exact) mass is 512 g/mol. The summed E-state index contributed by atoms with van der Waals surface area (Å²) in [5, 5.41) is 9.29. The molecule has 29 heavy (non-hydrogen) atoms. The van der Waals surface area contributed by atoms with Gasteiger partial charge in [0.15, 0.2) is 5.96 Å². The number of nitrogens with zero attached hydrogens (tertiary/aromatic N) is 1. The molecule has 2 aromatic rings. The molecule has 0 fully saturated rings. The molecule has 0 aliphatic rings. The Balaban J connectivity index is 0.00000420. The van der Waals surface area contributed by atoms with E-state index in [1.165, 1.54) is 0 Å². The smallest absolute Gasteiger partial charge is 0.251 e. The van der Waals surface area contributed by atoms with E-state index in [9.17, 15) is 4.79 Å². The molecule has 0 heterocycles. The summed E-state index contributed by atoms with van der Waals surface area (Å²) < 4.78 is 10.3. The summed E-state index contributed by atoms with van der Waals surface area (Å²) in [5.74, 6) is 2.11. The zero-order valence-electron chi connectivity index (χ0n) is 17.0. The molecule has 0 aliphatic carbocycles. The molecule has 0 atom stereocenters. The van der Waals surface area contributed by atoms with Crippen LogP contribution in [-0.2, 0) is 6.54 Å². The molecule has 7 nitrogen and oxygen atoms in total. The van der Waals surface area contributed by atoms with E-state index in [-0.39, 0.29) is 29.9 Å². The van der Waals surface area contributed by atoms with E-state index in [1.54, 1.807) is 38.5 Å². The van der Waals surface area contributed by atoms with Crippen LogP contribution in [0.2, 0.25) is 0 Å². The fourth-order valence-corrected chi connectivity index (χ4v) is 2.48. The van der Waals surface area contributed by atoms with E-state index in [4.69, 9.17) is 9.47 Å². The van der Waals surface area contributed by atoms with Gasteiger partial charge in [0.1, 0.15) is 11.5 Å². The van der Waals surface area contributed by atoms with E-state index >= 15 is 0 Å². The molecule has 0 bridgehead atoms. The van der Waals surface area contributed by atoms with Crippen LogP contribution in [0.3, 0.4) is 0 Å². The van der Waals surface area contributed by atoms with E-state index < -0.39 is 0 Å². The van der Waals surface area contributed by atoms with Crippen molar-refractivity contribution in [1.82, 2.24) is 16.0 Å². The predicted octanol–water partition coefficient (Wildman–Crippen LogP) is 2.81. The molecular formula is C21H29IN4O3. The number of methoxy groups -OCH3 is 2. The van der Waals surface area contributed by atoms with Gasteiger partial charge in [-0.1, -0.05) is 12.1 Å². The van der Waals surface area contributed by atoms with Gasteiger partial charge in [0.2, 0.25) is 0 Å². The summed E-state index contributed by atoms with van der Waals surface area (Å²) >= 11 is 0. The number of carbonyl (C=O) groups excluding carboxylic acids is 1. The van der Waals surface area contributed by atoms with Crippen molar-refractivity contribution in [3.63, 3.8) is 0 Å². The number of amides is 1. The second-order valence-electron chi connectivity index (χ2n) is 5.96. The first kappa shape index (κ1) is 24.5. The molecule has 0 unspecified atom stereocenters. The Morgan fingerprint density at radius 3 is 2.28 bits per heavy atom. The van der Waals surface area contributed by atoms with Crippen LogP contribution in [0.4, 0.5) is 0 Å². The van der Waals surface area contributed by atoms with Gasteiger partial charge in [0.25, 0.3) is 5.91 Å². The van der Waals surface area contributed by atoms with Crippen molar-refractivity contribution in [1.29, 1.82) is 0 Å². The average molecular weight is 512 g/mol. The molecule has 0 spiro atoms. The summed E-state index contributed by atoms with van der Waals surface area (Å²) in [4.78, 5) is 16.7. The quantitative estimate of drug-likeness (QED) is 0.208. The van der Waals surface area contributed by atoms with Crippen molar-refractivity contribution in [2.75, 3.05) is 33.9 Å². The Hall–Kier alpha value is -2.49. The molecule has 8 heteroatoms. The summed E-state index contributed by atoms with van der Waals surface area (Å²) in [6.07, 6.45) is 0. The third-order valence-corrected chi connectivity index (χ3v) is 3.95. The molecule has 0 aromatic heterocycles. The van der Waals surface area contributed by atoms with Crippen LogP contribution in [-0.4, -0.2) is 45.7 Å². The van der Waals surface area contributed by atoms with Crippen molar-refractivity contribution in [2.45, 2.75) is 13.5 Å². The van der Waals surface area contributed by atoms with Gasteiger partial charge < -0.3 is 25.4 Å². The van der Waals surface area contributed by atoms with Gasteiger partial charge in [-0.2, -0.15) is 0 Å². The normalized spacial score (nSPS) is 10.5. The number of rotatable bonds is 9. The number of aliphatic imine (C=N–C) groups is 1. The molecule has 3 N–H and O–H groups in total. The van der Waals surface area contributed by atoms with E-state index in [1.807, 2.05) is 31.2 Å². The zero-order chi connectivity index (χ0) is 20.2. The third-order valence-electron chi connectivity index (χ3n) is 3.95. The summed E-state index contributed by atoms with van der Waals surface area (Å²) in [5.41, 5.74) is 1.66. The second kappa shape index (κ2) is 13.6. The standard InChI is InChI=1S/C21H28N4O3.HI/c1-4-22-21(25-15-16-6-5-7-19(14-16)28-3)24-13-12-23-20(26)17-8-10-18(27-2)11-9-17;/h5-11,14H,4,12-13,15H2,1-3H3,(H,23,26)(H2,22,24,25);1H. The number of nitrogens with one attached hydrogen (secondary N) is 3. The minimum Gasteiger partial charge on any atom is -0.497 e. The van der Waals surface area contributed by atoms with Crippen molar-refractivity contribution < 1.29 is 14.3 Å². The number of halogens is 1. The molecule has 0 saturated carbocycles. The molecule has 0 aliphatic heterocycles. The summed E-state index contributed by atoms with van der Waals surface area (Å²) in [6.45, 7) is 4.33. The SMILES string of the molecule is CCNC(=NCc1cccc(OC)c1)NCCNC(=O)c1ccc(OC)cc1.I. The number of guanidine groups is 1. The van der Waals surface area contributed by atoms with E-state index in [0.717, 1.165) is 23.6 Å². The van der Waals surface area contributed by atoms with Gasteiger partial charge in [-0.3, -0.25) is 4.79 Å². The Bertz CT molecular complexity index is 782. The molecule has 0 saturated heterocycles. The largest absolute Gasteiger partial charge is 0.497 e.